The van der Waals surface area contributed by atoms with E-state index >= 15 is 0 Å². The fraction of sp³-hybridized carbons (Fsp3) is 0.250. The van der Waals surface area contributed by atoms with Gasteiger partial charge in [-0.3, -0.25) is 4.98 Å². The summed E-state index contributed by atoms with van der Waals surface area (Å²) in [6.45, 7) is -0.0528. The molecule has 4 nitrogen and oxygen atoms in total. The summed E-state index contributed by atoms with van der Waals surface area (Å²) in [5, 5.41) is 2.83. The lowest BCUT2D eigenvalue weighted by Gasteiger charge is -2.09. The Labute approximate surface area is 83.5 Å². The molecule has 0 aliphatic carbocycles. The molecule has 0 aliphatic heterocycles. The van der Waals surface area contributed by atoms with Gasteiger partial charge in [-0.25, -0.2) is 10.1 Å². The van der Waals surface area contributed by atoms with Crippen molar-refractivity contribution in [3.8, 4) is 0 Å². The van der Waals surface area contributed by atoms with Gasteiger partial charge in [-0.2, -0.15) is 13.2 Å². The monoisotopic (exact) mass is 219 g/mol. The van der Waals surface area contributed by atoms with Gasteiger partial charge < -0.3 is 5.32 Å². The number of rotatable bonds is 2. The van der Waals surface area contributed by atoms with Crippen LogP contribution in [0.1, 0.15) is 5.69 Å². The van der Waals surface area contributed by atoms with Gasteiger partial charge in [-0.15, -0.1) is 0 Å². The second kappa shape index (κ2) is 4.63. The molecule has 0 radical (unpaired) electrons. The number of nitrogens with one attached hydrogen (secondary N) is 2. The van der Waals surface area contributed by atoms with E-state index in [0.717, 1.165) is 5.32 Å². The van der Waals surface area contributed by atoms with Gasteiger partial charge in [0.25, 0.3) is 0 Å². The lowest BCUT2D eigenvalue weighted by Crippen LogP contribution is -2.43. The van der Waals surface area contributed by atoms with Crippen molar-refractivity contribution in [1.82, 2.24) is 15.6 Å². The van der Waals surface area contributed by atoms with Gasteiger partial charge in [0.15, 0.2) is 0 Å². The van der Waals surface area contributed by atoms with Gasteiger partial charge in [0, 0.05) is 6.20 Å². The number of nitrogens with zero attached hydrogens (tertiary/aromatic N) is 1. The van der Waals surface area contributed by atoms with Crippen LogP contribution in [0.25, 0.3) is 0 Å². The quantitative estimate of drug-likeness (QED) is 0.738. The predicted molar refractivity (Wildman–Crippen MR) is 45.7 cm³/mol. The molecule has 0 bridgehead atoms. The third-order valence-electron chi connectivity index (χ3n) is 1.41. The minimum atomic E-state index is -4.71. The molecule has 2 N–H and O–H groups in total. The molecule has 82 valence electrons. The van der Waals surface area contributed by atoms with Crippen LogP contribution in [0.15, 0.2) is 24.4 Å². The van der Waals surface area contributed by atoms with Gasteiger partial charge in [-0.05, 0) is 12.1 Å². The second-order valence-corrected chi connectivity index (χ2v) is 2.63. The van der Waals surface area contributed by atoms with Crippen LogP contribution in [0.3, 0.4) is 0 Å². The van der Waals surface area contributed by atoms with E-state index in [1.54, 1.807) is 18.2 Å². The summed E-state index contributed by atoms with van der Waals surface area (Å²) >= 11 is 0. The first-order valence-corrected chi connectivity index (χ1v) is 4.00. The topological polar surface area (TPSA) is 54.0 Å². The molecule has 1 rings (SSSR count). The zero-order valence-corrected chi connectivity index (χ0v) is 7.51. The summed E-state index contributed by atoms with van der Waals surface area (Å²) in [6, 6.07) is 3.63. The Morgan fingerprint density at radius 1 is 1.40 bits per heavy atom. The highest BCUT2D eigenvalue weighted by Gasteiger charge is 2.29. The first-order chi connectivity index (χ1) is 6.97. The summed E-state index contributed by atoms with van der Waals surface area (Å²) in [6.07, 6.45) is -3.23. The third kappa shape index (κ3) is 4.84. The number of pyridine rings is 1. The third-order valence-corrected chi connectivity index (χ3v) is 1.41. The van der Waals surface area contributed by atoms with Gasteiger partial charge in [-0.1, -0.05) is 6.07 Å². The van der Waals surface area contributed by atoms with E-state index in [9.17, 15) is 18.0 Å². The fourth-order valence-electron chi connectivity index (χ4n) is 0.846. The van der Waals surface area contributed by atoms with Crippen LogP contribution < -0.4 is 10.6 Å². The summed E-state index contributed by atoms with van der Waals surface area (Å²) in [5.74, 6) is 0. The van der Waals surface area contributed by atoms with Crippen LogP contribution in [-0.4, -0.2) is 17.3 Å². The molecule has 1 heterocycles. The molecule has 15 heavy (non-hydrogen) atoms. The SMILES string of the molecule is O=C(NCc1ccccn1)NC(F)(F)F. The number of hydrogen-bond acceptors (Lipinski definition) is 2. The molecule has 0 atom stereocenters. The molecular weight excluding hydrogens is 211 g/mol. The maximum Gasteiger partial charge on any atom is 0.485 e. The lowest BCUT2D eigenvalue weighted by molar-refractivity contribution is -0.145. The normalized spacial score (nSPS) is 10.9. The molecule has 1 aromatic rings. The maximum absolute atomic E-state index is 11.6. The number of carbonyl (C=O) groups is 1. The molecule has 0 saturated carbocycles. The summed E-state index contributed by atoms with van der Waals surface area (Å²) < 4.78 is 34.9. The summed E-state index contributed by atoms with van der Waals surface area (Å²) in [4.78, 5) is 14.5. The minimum absolute atomic E-state index is 0.0528. The maximum atomic E-state index is 11.6. The number of aromatic nitrogens is 1. The first kappa shape index (κ1) is 11.3. The van der Waals surface area contributed by atoms with Crippen LogP contribution >= 0.6 is 0 Å². The Kier molecular flexibility index (Phi) is 3.48. The van der Waals surface area contributed by atoms with Crippen molar-refractivity contribution in [3.63, 3.8) is 0 Å². The van der Waals surface area contributed by atoms with E-state index in [-0.39, 0.29) is 6.54 Å². The van der Waals surface area contributed by atoms with Gasteiger partial charge in [0.2, 0.25) is 0 Å². The highest BCUT2D eigenvalue weighted by molar-refractivity contribution is 5.74. The van der Waals surface area contributed by atoms with Crippen LogP contribution in [-0.2, 0) is 6.54 Å². The van der Waals surface area contributed by atoms with E-state index < -0.39 is 12.3 Å². The largest absolute Gasteiger partial charge is 0.485 e. The van der Waals surface area contributed by atoms with Crippen LogP contribution in [0.5, 0.6) is 0 Å². The van der Waals surface area contributed by atoms with E-state index in [0.29, 0.717) is 5.69 Å². The molecule has 0 aromatic carbocycles. The van der Waals surface area contributed by atoms with Crippen LogP contribution in [0.2, 0.25) is 0 Å². The Morgan fingerprint density at radius 3 is 2.67 bits per heavy atom. The molecule has 0 unspecified atom stereocenters. The van der Waals surface area contributed by atoms with Crippen molar-refractivity contribution < 1.29 is 18.0 Å². The second-order valence-electron chi connectivity index (χ2n) is 2.63. The average molecular weight is 219 g/mol. The molecular formula is C8H8F3N3O. The molecule has 2 amide bonds. The molecule has 0 aliphatic rings. The number of alkyl halides is 3. The first-order valence-electron chi connectivity index (χ1n) is 4.00. The highest BCUT2D eigenvalue weighted by atomic mass is 19.4. The number of hydrogen-bond donors (Lipinski definition) is 2. The molecule has 7 heteroatoms. The predicted octanol–water partition coefficient (Wildman–Crippen LogP) is 1.40. The van der Waals surface area contributed by atoms with Crippen molar-refractivity contribution in [1.29, 1.82) is 0 Å². The average Bonchev–Trinajstić information content (AvgIpc) is 2.14. The van der Waals surface area contributed by atoms with E-state index in [4.69, 9.17) is 0 Å². The van der Waals surface area contributed by atoms with E-state index in [1.165, 1.54) is 6.20 Å². The van der Waals surface area contributed by atoms with Crippen molar-refractivity contribution in [2.75, 3.05) is 0 Å². The lowest BCUT2D eigenvalue weighted by atomic mass is 10.3. The number of halogens is 3. The number of amides is 2. The Balaban J connectivity index is 2.35. The van der Waals surface area contributed by atoms with Gasteiger partial charge in [0.05, 0.1) is 12.2 Å². The Morgan fingerprint density at radius 2 is 2.13 bits per heavy atom. The minimum Gasteiger partial charge on any atom is -0.332 e. The fourth-order valence-corrected chi connectivity index (χ4v) is 0.846. The van der Waals surface area contributed by atoms with Crippen molar-refractivity contribution in [3.05, 3.63) is 30.1 Å². The van der Waals surface area contributed by atoms with E-state index in [1.807, 2.05) is 5.32 Å². The van der Waals surface area contributed by atoms with Crippen LogP contribution in [0, 0.1) is 0 Å². The summed E-state index contributed by atoms with van der Waals surface area (Å²) in [7, 11) is 0. The van der Waals surface area contributed by atoms with E-state index in [2.05, 4.69) is 4.98 Å². The van der Waals surface area contributed by atoms with Crippen molar-refractivity contribution in [2.24, 2.45) is 0 Å². The molecule has 1 aromatic heterocycles. The van der Waals surface area contributed by atoms with Crippen molar-refractivity contribution >= 4 is 6.03 Å². The molecule has 0 saturated heterocycles. The Bertz CT molecular complexity index is 326. The molecule has 0 spiro atoms. The summed E-state index contributed by atoms with van der Waals surface area (Å²) in [5.41, 5.74) is 0.481. The zero-order valence-electron chi connectivity index (χ0n) is 7.51. The van der Waals surface area contributed by atoms with Crippen LogP contribution in [0.4, 0.5) is 18.0 Å². The Hall–Kier alpha value is -1.79. The molecule has 0 fully saturated rings. The zero-order chi connectivity index (χ0) is 11.3. The number of carbonyl (C=O) groups excluding carboxylic acids is 1. The number of urea groups is 1. The smallest absolute Gasteiger partial charge is 0.332 e. The van der Waals surface area contributed by atoms with Gasteiger partial charge >= 0.3 is 12.3 Å². The standard InChI is InChI=1S/C8H8F3N3O/c9-8(10,11)14-7(15)13-5-6-3-1-2-4-12-6/h1-4H,5H2,(H2,13,14,15). The highest BCUT2D eigenvalue weighted by Crippen LogP contribution is 2.08. The van der Waals surface area contributed by atoms with Crippen molar-refractivity contribution in [2.45, 2.75) is 12.8 Å². The van der Waals surface area contributed by atoms with Gasteiger partial charge in [0.1, 0.15) is 0 Å².